The molecular formula is C15H15BrFN3O. The van der Waals surface area contributed by atoms with Gasteiger partial charge in [-0.1, -0.05) is 12.1 Å². The van der Waals surface area contributed by atoms with E-state index in [1.807, 2.05) is 0 Å². The van der Waals surface area contributed by atoms with Gasteiger partial charge in [-0.25, -0.2) is 9.07 Å². The first-order valence-corrected chi connectivity index (χ1v) is 7.69. The fraction of sp³-hybridized carbons (Fsp3) is 0.333. The van der Waals surface area contributed by atoms with E-state index in [0.29, 0.717) is 10.0 Å². The van der Waals surface area contributed by atoms with E-state index in [-0.39, 0.29) is 17.9 Å². The van der Waals surface area contributed by atoms with Crippen molar-refractivity contribution in [2.75, 3.05) is 18.0 Å². The van der Waals surface area contributed by atoms with E-state index < -0.39 is 0 Å². The molecule has 2 heterocycles. The van der Waals surface area contributed by atoms with Crippen molar-refractivity contribution in [2.45, 2.75) is 19.4 Å². The highest BCUT2D eigenvalue weighted by atomic mass is 79.9. The molecule has 1 aliphatic rings. The third kappa shape index (κ3) is 3.00. The predicted molar refractivity (Wildman–Crippen MR) is 83.1 cm³/mol. The molecule has 1 saturated heterocycles. The molecule has 0 unspecified atom stereocenters. The van der Waals surface area contributed by atoms with Crippen molar-refractivity contribution in [3.63, 3.8) is 0 Å². The van der Waals surface area contributed by atoms with Gasteiger partial charge < -0.3 is 4.90 Å². The monoisotopic (exact) mass is 351 g/mol. The fourth-order valence-electron chi connectivity index (χ4n) is 2.52. The molecule has 0 radical (unpaired) electrons. The van der Waals surface area contributed by atoms with Gasteiger partial charge in [-0.3, -0.25) is 4.79 Å². The molecule has 0 spiro atoms. The van der Waals surface area contributed by atoms with Crippen molar-refractivity contribution in [1.29, 1.82) is 0 Å². The van der Waals surface area contributed by atoms with Gasteiger partial charge in [-0.05, 0) is 40.4 Å². The summed E-state index contributed by atoms with van der Waals surface area (Å²) in [7, 11) is 0. The van der Waals surface area contributed by atoms with Crippen LogP contribution in [-0.4, -0.2) is 22.9 Å². The largest absolute Gasteiger partial charge is 0.370 e. The number of aromatic nitrogens is 2. The summed E-state index contributed by atoms with van der Waals surface area (Å²) < 4.78 is 15.2. The van der Waals surface area contributed by atoms with Crippen molar-refractivity contribution in [2.24, 2.45) is 0 Å². The van der Waals surface area contributed by atoms with Crippen LogP contribution in [0, 0.1) is 5.82 Å². The van der Waals surface area contributed by atoms with Crippen molar-refractivity contribution in [1.82, 2.24) is 9.78 Å². The van der Waals surface area contributed by atoms with Crippen LogP contribution in [0.5, 0.6) is 0 Å². The van der Waals surface area contributed by atoms with Crippen LogP contribution in [-0.2, 0) is 6.54 Å². The maximum Gasteiger partial charge on any atom is 0.269 e. The Morgan fingerprint density at radius 3 is 2.76 bits per heavy atom. The van der Waals surface area contributed by atoms with Crippen molar-refractivity contribution in [3.8, 4) is 0 Å². The Bertz CT molecular complexity index is 710. The zero-order chi connectivity index (χ0) is 14.8. The Kier molecular flexibility index (Phi) is 4.05. The Hall–Kier alpha value is -1.69. The molecule has 0 aliphatic carbocycles. The lowest BCUT2D eigenvalue weighted by Gasteiger charge is -2.17. The average Bonchev–Trinajstić information content (AvgIpc) is 3.00. The molecule has 21 heavy (non-hydrogen) atoms. The molecule has 3 rings (SSSR count). The number of nitrogens with zero attached hydrogens (tertiary/aromatic N) is 3. The SMILES string of the molecule is O=c1cc(N2CCCC2)cnn1Cc1cccc(F)c1Br. The van der Waals surface area contributed by atoms with E-state index in [2.05, 4.69) is 25.9 Å². The van der Waals surface area contributed by atoms with Gasteiger partial charge in [0.1, 0.15) is 5.82 Å². The molecule has 0 saturated carbocycles. The lowest BCUT2D eigenvalue weighted by atomic mass is 10.2. The minimum Gasteiger partial charge on any atom is -0.370 e. The second kappa shape index (κ2) is 5.97. The molecule has 0 atom stereocenters. The highest BCUT2D eigenvalue weighted by Crippen LogP contribution is 2.21. The molecule has 0 bridgehead atoms. The van der Waals surface area contributed by atoms with Crippen molar-refractivity contribution < 1.29 is 4.39 Å². The molecule has 6 heteroatoms. The van der Waals surface area contributed by atoms with Gasteiger partial charge in [-0.2, -0.15) is 5.10 Å². The van der Waals surface area contributed by atoms with Crippen LogP contribution in [0.15, 0.2) is 39.7 Å². The standard InChI is InChI=1S/C15H15BrFN3O/c16-15-11(4-3-5-13(15)17)10-20-14(21)8-12(9-18-20)19-6-1-2-7-19/h3-5,8-9H,1-2,6-7,10H2. The quantitative estimate of drug-likeness (QED) is 0.853. The molecule has 110 valence electrons. The van der Waals surface area contributed by atoms with E-state index in [4.69, 9.17) is 0 Å². The Morgan fingerprint density at radius 1 is 1.29 bits per heavy atom. The summed E-state index contributed by atoms with van der Waals surface area (Å²) in [5.41, 5.74) is 1.39. The minimum atomic E-state index is -0.339. The summed E-state index contributed by atoms with van der Waals surface area (Å²) in [4.78, 5) is 14.3. The maximum absolute atomic E-state index is 13.5. The molecule has 0 amide bonds. The first-order chi connectivity index (χ1) is 10.1. The van der Waals surface area contributed by atoms with Crippen LogP contribution >= 0.6 is 15.9 Å². The number of benzene rings is 1. The first kappa shape index (κ1) is 14.3. The van der Waals surface area contributed by atoms with Gasteiger partial charge in [0.05, 0.1) is 22.9 Å². The minimum absolute atomic E-state index is 0.171. The van der Waals surface area contributed by atoms with Crippen LogP contribution in [0.3, 0.4) is 0 Å². The Labute approximate surface area is 130 Å². The number of halogens is 2. The average molecular weight is 352 g/mol. The van der Waals surface area contributed by atoms with E-state index >= 15 is 0 Å². The van der Waals surface area contributed by atoms with E-state index in [0.717, 1.165) is 31.6 Å². The molecule has 0 N–H and O–H groups in total. The lowest BCUT2D eigenvalue weighted by Crippen LogP contribution is -2.26. The zero-order valence-electron chi connectivity index (χ0n) is 11.4. The van der Waals surface area contributed by atoms with Gasteiger partial charge in [0.25, 0.3) is 5.56 Å². The maximum atomic E-state index is 13.5. The van der Waals surface area contributed by atoms with Gasteiger partial charge in [0.15, 0.2) is 0 Å². The van der Waals surface area contributed by atoms with Crippen LogP contribution in [0.2, 0.25) is 0 Å². The van der Waals surface area contributed by atoms with Gasteiger partial charge in [0, 0.05) is 19.2 Å². The summed E-state index contributed by atoms with van der Waals surface area (Å²) in [5.74, 6) is -0.339. The zero-order valence-corrected chi connectivity index (χ0v) is 13.0. The molecule has 1 aliphatic heterocycles. The number of anilines is 1. The molecule has 1 fully saturated rings. The van der Waals surface area contributed by atoms with Crippen LogP contribution < -0.4 is 10.5 Å². The summed E-state index contributed by atoms with van der Waals surface area (Å²) >= 11 is 3.20. The normalized spacial score (nSPS) is 14.7. The fourth-order valence-corrected chi connectivity index (χ4v) is 2.91. The van der Waals surface area contributed by atoms with Crippen molar-refractivity contribution in [3.05, 3.63) is 56.7 Å². The smallest absolute Gasteiger partial charge is 0.269 e. The molecule has 1 aromatic heterocycles. The van der Waals surface area contributed by atoms with Crippen molar-refractivity contribution >= 4 is 21.6 Å². The van der Waals surface area contributed by atoms with Gasteiger partial charge >= 0.3 is 0 Å². The number of rotatable bonds is 3. The number of hydrogen-bond donors (Lipinski definition) is 0. The van der Waals surface area contributed by atoms with E-state index in [1.54, 1.807) is 24.4 Å². The first-order valence-electron chi connectivity index (χ1n) is 6.90. The second-order valence-corrected chi connectivity index (χ2v) is 5.91. The molecule has 1 aromatic carbocycles. The van der Waals surface area contributed by atoms with Crippen LogP contribution in [0.25, 0.3) is 0 Å². The Morgan fingerprint density at radius 2 is 2.05 bits per heavy atom. The van der Waals surface area contributed by atoms with E-state index in [9.17, 15) is 9.18 Å². The predicted octanol–water partition coefficient (Wildman–Crippen LogP) is 2.79. The summed E-state index contributed by atoms with van der Waals surface area (Å²) in [5, 5.41) is 4.21. The topological polar surface area (TPSA) is 38.1 Å². The lowest BCUT2D eigenvalue weighted by molar-refractivity contribution is 0.602. The Balaban J connectivity index is 1.86. The third-order valence-corrected chi connectivity index (χ3v) is 4.57. The highest BCUT2D eigenvalue weighted by Gasteiger charge is 2.14. The molecule has 4 nitrogen and oxygen atoms in total. The summed E-state index contributed by atoms with van der Waals surface area (Å²) in [6, 6.07) is 6.38. The molecule has 2 aromatic rings. The van der Waals surface area contributed by atoms with Gasteiger partial charge in [-0.15, -0.1) is 0 Å². The van der Waals surface area contributed by atoms with Crippen LogP contribution in [0.1, 0.15) is 18.4 Å². The second-order valence-electron chi connectivity index (χ2n) is 5.12. The molecular weight excluding hydrogens is 337 g/mol. The number of hydrogen-bond acceptors (Lipinski definition) is 3. The third-order valence-electron chi connectivity index (χ3n) is 3.68. The van der Waals surface area contributed by atoms with Crippen LogP contribution in [0.4, 0.5) is 10.1 Å². The van der Waals surface area contributed by atoms with Gasteiger partial charge in [0.2, 0.25) is 0 Å². The highest BCUT2D eigenvalue weighted by molar-refractivity contribution is 9.10. The summed E-state index contributed by atoms with van der Waals surface area (Å²) in [6.07, 6.45) is 4.01. The summed E-state index contributed by atoms with van der Waals surface area (Å²) in [6.45, 7) is 2.19. The van der Waals surface area contributed by atoms with E-state index in [1.165, 1.54) is 10.7 Å².